The largest absolute Gasteiger partial charge is 0.383 e. The maximum Gasteiger partial charge on any atom is 0.243 e. The van der Waals surface area contributed by atoms with Crippen LogP contribution in [-0.2, 0) is 21.2 Å². The average molecular weight is 334 g/mol. The molecule has 0 aliphatic heterocycles. The molecule has 0 bridgehead atoms. The van der Waals surface area contributed by atoms with Crippen LogP contribution in [0.1, 0.15) is 25.8 Å². The Bertz CT molecular complexity index is 516. The minimum Gasteiger partial charge on any atom is -0.383 e. The standard InChI is InChI=1S/C15H24ClNO3S/c1-4-17(13(2)12-20-3)21(18,19)15-9-7-14(8-10-15)6-5-11-16/h7-10,13H,4-6,11-12H2,1-3H3. The van der Waals surface area contributed by atoms with Gasteiger partial charge in [0.15, 0.2) is 0 Å². The SMILES string of the molecule is CCN(C(C)COC)S(=O)(=O)c1ccc(CCCCl)cc1. The number of alkyl halides is 1. The normalized spacial score (nSPS) is 13.6. The molecule has 0 fully saturated rings. The molecule has 0 aromatic heterocycles. The number of benzene rings is 1. The third-order valence-corrected chi connectivity index (χ3v) is 5.71. The van der Waals surface area contributed by atoms with E-state index in [0.717, 1.165) is 18.4 Å². The number of nitrogens with zero attached hydrogens (tertiary/aromatic N) is 1. The van der Waals surface area contributed by atoms with Crippen molar-refractivity contribution in [2.75, 3.05) is 26.1 Å². The monoisotopic (exact) mass is 333 g/mol. The van der Waals surface area contributed by atoms with E-state index in [1.807, 2.05) is 26.0 Å². The van der Waals surface area contributed by atoms with Crippen molar-refractivity contribution in [1.29, 1.82) is 0 Å². The molecule has 0 heterocycles. The van der Waals surface area contributed by atoms with E-state index in [1.165, 1.54) is 4.31 Å². The highest BCUT2D eigenvalue weighted by Gasteiger charge is 2.27. The van der Waals surface area contributed by atoms with E-state index in [0.29, 0.717) is 23.9 Å². The summed E-state index contributed by atoms with van der Waals surface area (Å²) < 4.78 is 31.8. The molecule has 6 heteroatoms. The van der Waals surface area contributed by atoms with Gasteiger partial charge in [0, 0.05) is 25.6 Å². The van der Waals surface area contributed by atoms with E-state index in [9.17, 15) is 8.42 Å². The summed E-state index contributed by atoms with van der Waals surface area (Å²) in [6.07, 6.45) is 1.75. The Hall–Kier alpha value is -0.620. The molecule has 21 heavy (non-hydrogen) atoms. The maximum absolute atomic E-state index is 12.7. The minimum absolute atomic E-state index is 0.194. The van der Waals surface area contributed by atoms with E-state index < -0.39 is 10.0 Å². The first kappa shape index (κ1) is 18.4. The van der Waals surface area contributed by atoms with Crippen LogP contribution >= 0.6 is 11.6 Å². The van der Waals surface area contributed by atoms with Crippen LogP contribution in [0.3, 0.4) is 0 Å². The summed E-state index contributed by atoms with van der Waals surface area (Å²) in [5, 5.41) is 0. The van der Waals surface area contributed by atoms with Crippen LogP contribution in [-0.4, -0.2) is 44.9 Å². The highest BCUT2D eigenvalue weighted by Crippen LogP contribution is 2.19. The van der Waals surface area contributed by atoms with Crippen molar-refractivity contribution < 1.29 is 13.2 Å². The van der Waals surface area contributed by atoms with Crippen LogP contribution in [0.2, 0.25) is 0 Å². The maximum atomic E-state index is 12.7. The molecule has 0 aliphatic rings. The summed E-state index contributed by atoms with van der Waals surface area (Å²) in [6.45, 7) is 4.47. The molecule has 0 radical (unpaired) electrons. The lowest BCUT2D eigenvalue weighted by Gasteiger charge is -2.26. The first-order valence-electron chi connectivity index (χ1n) is 7.13. The fourth-order valence-electron chi connectivity index (χ4n) is 2.28. The summed E-state index contributed by atoms with van der Waals surface area (Å²) in [7, 11) is -1.91. The van der Waals surface area contributed by atoms with E-state index in [1.54, 1.807) is 19.2 Å². The van der Waals surface area contributed by atoms with Crippen LogP contribution in [0, 0.1) is 0 Å². The number of rotatable bonds is 9. The molecular weight excluding hydrogens is 310 g/mol. The fourth-order valence-corrected chi connectivity index (χ4v) is 4.04. The number of hydrogen-bond acceptors (Lipinski definition) is 3. The molecule has 0 saturated carbocycles. The fraction of sp³-hybridized carbons (Fsp3) is 0.600. The molecule has 1 atom stereocenters. The topological polar surface area (TPSA) is 46.6 Å². The van der Waals surface area contributed by atoms with Gasteiger partial charge in [-0.1, -0.05) is 19.1 Å². The summed E-state index contributed by atoms with van der Waals surface area (Å²) in [4.78, 5) is 0.321. The highest BCUT2D eigenvalue weighted by molar-refractivity contribution is 7.89. The molecule has 0 aliphatic carbocycles. The third-order valence-electron chi connectivity index (χ3n) is 3.34. The van der Waals surface area contributed by atoms with Crippen molar-refractivity contribution in [3.05, 3.63) is 29.8 Å². The Morgan fingerprint density at radius 3 is 2.38 bits per heavy atom. The van der Waals surface area contributed by atoms with Crippen LogP contribution in [0.4, 0.5) is 0 Å². The average Bonchev–Trinajstić information content (AvgIpc) is 2.46. The molecule has 0 N–H and O–H groups in total. The van der Waals surface area contributed by atoms with E-state index in [-0.39, 0.29) is 6.04 Å². The second-order valence-electron chi connectivity index (χ2n) is 4.95. The Labute approximate surface area is 133 Å². The lowest BCUT2D eigenvalue weighted by molar-refractivity contribution is 0.142. The molecule has 120 valence electrons. The number of methoxy groups -OCH3 is 1. The zero-order valence-corrected chi connectivity index (χ0v) is 14.5. The van der Waals surface area contributed by atoms with Gasteiger partial charge in [-0.3, -0.25) is 0 Å². The molecule has 1 unspecified atom stereocenters. The zero-order chi connectivity index (χ0) is 15.9. The van der Waals surface area contributed by atoms with E-state index in [4.69, 9.17) is 16.3 Å². The molecule has 0 amide bonds. The zero-order valence-electron chi connectivity index (χ0n) is 12.9. The predicted octanol–water partition coefficient (Wildman–Crippen LogP) is 2.90. The molecule has 0 saturated heterocycles. The summed E-state index contributed by atoms with van der Waals surface area (Å²) in [5.41, 5.74) is 1.10. The molecule has 4 nitrogen and oxygen atoms in total. The Balaban J connectivity index is 2.95. The Kier molecular flexibility index (Phi) is 7.66. The number of sulfonamides is 1. The predicted molar refractivity (Wildman–Crippen MR) is 86.4 cm³/mol. The lowest BCUT2D eigenvalue weighted by Crippen LogP contribution is -2.40. The van der Waals surface area contributed by atoms with Gasteiger partial charge in [0.1, 0.15) is 0 Å². The highest BCUT2D eigenvalue weighted by atomic mass is 35.5. The van der Waals surface area contributed by atoms with Crippen LogP contribution < -0.4 is 0 Å². The van der Waals surface area contributed by atoms with Gasteiger partial charge < -0.3 is 4.74 Å². The van der Waals surface area contributed by atoms with E-state index >= 15 is 0 Å². The van der Waals surface area contributed by atoms with Crippen molar-refractivity contribution in [2.24, 2.45) is 0 Å². The van der Waals surface area contributed by atoms with Gasteiger partial charge in [-0.15, -0.1) is 11.6 Å². The van der Waals surface area contributed by atoms with Crippen LogP contribution in [0.15, 0.2) is 29.2 Å². The Morgan fingerprint density at radius 1 is 1.29 bits per heavy atom. The smallest absolute Gasteiger partial charge is 0.243 e. The number of halogens is 1. The van der Waals surface area contributed by atoms with Gasteiger partial charge in [0.2, 0.25) is 10.0 Å². The molecule has 1 rings (SSSR count). The quantitative estimate of drug-likeness (QED) is 0.653. The second-order valence-corrected chi connectivity index (χ2v) is 7.22. The first-order valence-corrected chi connectivity index (χ1v) is 9.10. The van der Waals surface area contributed by atoms with Crippen molar-refractivity contribution in [1.82, 2.24) is 4.31 Å². The summed E-state index contributed by atoms with van der Waals surface area (Å²) in [6, 6.07) is 6.85. The molecule has 1 aromatic rings. The van der Waals surface area contributed by atoms with Crippen LogP contribution in [0.5, 0.6) is 0 Å². The summed E-state index contributed by atoms with van der Waals surface area (Å²) >= 11 is 5.67. The first-order chi connectivity index (χ1) is 9.97. The minimum atomic E-state index is -3.48. The van der Waals surface area contributed by atoms with Gasteiger partial charge in [0.25, 0.3) is 0 Å². The third kappa shape index (κ3) is 4.95. The number of aryl methyl sites for hydroxylation is 1. The molecular formula is C15H24ClNO3S. The lowest BCUT2D eigenvalue weighted by atomic mass is 10.1. The van der Waals surface area contributed by atoms with Gasteiger partial charge in [0.05, 0.1) is 11.5 Å². The van der Waals surface area contributed by atoms with E-state index in [2.05, 4.69) is 0 Å². The Morgan fingerprint density at radius 2 is 1.90 bits per heavy atom. The summed E-state index contributed by atoms with van der Waals surface area (Å²) in [5.74, 6) is 0.609. The number of likely N-dealkylation sites (N-methyl/N-ethyl adjacent to an activating group) is 1. The van der Waals surface area contributed by atoms with Crippen molar-refractivity contribution in [3.63, 3.8) is 0 Å². The van der Waals surface area contributed by atoms with Crippen molar-refractivity contribution in [2.45, 2.75) is 37.6 Å². The van der Waals surface area contributed by atoms with Gasteiger partial charge in [-0.05, 0) is 37.5 Å². The van der Waals surface area contributed by atoms with Crippen molar-refractivity contribution in [3.8, 4) is 0 Å². The number of hydrogen-bond donors (Lipinski definition) is 0. The molecule has 1 aromatic carbocycles. The second kappa shape index (κ2) is 8.73. The van der Waals surface area contributed by atoms with Gasteiger partial charge in [-0.25, -0.2) is 8.42 Å². The van der Waals surface area contributed by atoms with Crippen molar-refractivity contribution >= 4 is 21.6 Å². The molecule has 0 spiro atoms. The number of ether oxygens (including phenoxy) is 1. The van der Waals surface area contributed by atoms with Gasteiger partial charge >= 0.3 is 0 Å². The van der Waals surface area contributed by atoms with Gasteiger partial charge in [-0.2, -0.15) is 4.31 Å². The van der Waals surface area contributed by atoms with Crippen LogP contribution in [0.25, 0.3) is 0 Å².